The first kappa shape index (κ1) is 17.5. The largest absolute Gasteiger partial charge is 0.320 e. The number of imidazole rings is 1. The molecule has 0 spiro atoms. The number of hydrogen-bond acceptors (Lipinski definition) is 3. The summed E-state index contributed by atoms with van der Waals surface area (Å²) in [5.74, 6) is 0.387. The van der Waals surface area contributed by atoms with Crippen molar-refractivity contribution in [3.05, 3.63) is 100 Å². The van der Waals surface area contributed by atoms with Crippen LogP contribution in [0.1, 0.15) is 38.7 Å². The molecule has 5 rings (SSSR count). The Balaban J connectivity index is 1.70. The molecule has 0 saturated heterocycles. The molecule has 4 aromatic rings. The summed E-state index contributed by atoms with van der Waals surface area (Å²) in [6.07, 6.45) is 0. The Kier molecular flexibility index (Phi) is 3.91. The molecule has 3 aromatic carbocycles. The van der Waals surface area contributed by atoms with Crippen LogP contribution in [0.3, 0.4) is 0 Å². The van der Waals surface area contributed by atoms with Gasteiger partial charge in [-0.25, -0.2) is 9.37 Å². The van der Waals surface area contributed by atoms with Crippen LogP contribution in [0.2, 0.25) is 0 Å². The average molecular weight is 383 g/mol. The first-order chi connectivity index (χ1) is 14.1. The fraction of sp³-hybridized carbons (Fsp3) is 0.125. The molecule has 1 aromatic heterocycles. The number of aliphatic imine (C=N–C) groups is 1. The first-order valence-electron chi connectivity index (χ1n) is 9.43. The van der Waals surface area contributed by atoms with Gasteiger partial charge in [0.05, 0.1) is 5.71 Å². The van der Waals surface area contributed by atoms with Gasteiger partial charge in [-0.2, -0.15) is 0 Å². The maximum Gasteiger partial charge on any atom is 0.212 e. The number of rotatable bonds is 2. The minimum atomic E-state index is -0.282. The molecule has 4 nitrogen and oxygen atoms in total. The van der Waals surface area contributed by atoms with Gasteiger partial charge in [0.15, 0.2) is 0 Å². The monoisotopic (exact) mass is 383 g/mol. The van der Waals surface area contributed by atoms with Crippen LogP contribution in [0.15, 0.2) is 65.7 Å². The van der Waals surface area contributed by atoms with E-state index < -0.39 is 0 Å². The zero-order valence-electron chi connectivity index (χ0n) is 16.1. The third kappa shape index (κ3) is 2.70. The highest BCUT2D eigenvalue weighted by atomic mass is 19.1. The van der Waals surface area contributed by atoms with Gasteiger partial charge in [-0.3, -0.25) is 9.79 Å². The Morgan fingerprint density at radius 2 is 1.66 bits per heavy atom. The summed E-state index contributed by atoms with van der Waals surface area (Å²) in [5.41, 5.74) is 4.23. The summed E-state index contributed by atoms with van der Waals surface area (Å²) in [5, 5.41) is 2.07. The van der Waals surface area contributed by atoms with Gasteiger partial charge >= 0.3 is 0 Å². The molecule has 1 aliphatic carbocycles. The van der Waals surface area contributed by atoms with E-state index in [2.05, 4.69) is 9.98 Å². The molecule has 0 saturated carbocycles. The van der Waals surface area contributed by atoms with Crippen LogP contribution in [0.25, 0.3) is 10.8 Å². The van der Waals surface area contributed by atoms with Crippen LogP contribution in [0, 0.1) is 12.7 Å². The molecule has 29 heavy (non-hydrogen) atoms. The minimum Gasteiger partial charge on any atom is -0.320 e. The number of halogens is 1. The Morgan fingerprint density at radius 1 is 1.00 bits per heavy atom. The number of aryl methyl sites for hydroxylation is 1. The predicted octanol–water partition coefficient (Wildman–Crippen LogP) is 4.54. The second-order valence-corrected chi connectivity index (χ2v) is 7.22. The second kappa shape index (κ2) is 6.48. The second-order valence-electron chi connectivity index (χ2n) is 7.22. The van der Waals surface area contributed by atoms with Crippen LogP contribution >= 0.6 is 0 Å². The molecule has 0 radical (unpaired) electrons. The molecule has 0 bridgehead atoms. The smallest absolute Gasteiger partial charge is 0.212 e. The summed E-state index contributed by atoms with van der Waals surface area (Å²) in [6, 6.07) is 18.2. The van der Waals surface area contributed by atoms with Gasteiger partial charge in [0.25, 0.3) is 0 Å². The maximum atomic E-state index is 13.5. The lowest BCUT2D eigenvalue weighted by Crippen LogP contribution is -2.24. The fourth-order valence-corrected chi connectivity index (χ4v) is 4.03. The molecule has 1 heterocycles. The van der Waals surface area contributed by atoms with Crippen molar-refractivity contribution in [2.45, 2.75) is 13.5 Å². The third-order valence-electron chi connectivity index (χ3n) is 5.46. The number of carbonyl (C=O) groups is 1. The molecule has 1 aliphatic rings. The van der Waals surface area contributed by atoms with Crippen LogP contribution < -0.4 is 0 Å². The zero-order chi connectivity index (χ0) is 20.1. The molecule has 0 atom stereocenters. The zero-order valence-corrected chi connectivity index (χ0v) is 16.1. The van der Waals surface area contributed by atoms with Crippen LogP contribution in [-0.4, -0.2) is 28.1 Å². The molecule has 0 amide bonds. The van der Waals surface area contributed by atoms with E-state index in [-0.39, 0.29) is 11.6 Å². The van der Waals surface area contributed by atoms with Crippen molar-refractivity contribution in [3.63, 3.8) is 0 Å². The number of ketones is 1. The Labute approximate surface area is 167 Å². The lowest BCUT2D eigenvalue weighted by molar-refractivity contribution is 0.102. The number of aromatic nitrogens is 2. The summed E-state index contributed by atoms with van der Waals surface area (Å²) < 4.78 is 15.2. The summed E-state index contributed by atoms with van der Waals surface area (Å²) in [7, 11) is 1.72. The lowest BCUT2D eigenvalue weighted by Gasteiger charge is -2.19. The molecule has 5 heteroatoms. The van der Waals surface area contributed by atoms with Gasteiger partial charge in [0.1, 0.15) is 23.0 Å². The van der Waals surface area contributed by atoms with E-state index in [0.717, 1.165) is 33.4 Å². The van der Waals surface area contributed by atoms with Crippen LogP contribution in [0.5, 0.6) is 0 Å². The molecule has 0 fully saturated rings. The number of carbonyl (C=O) groups excluding carboxylic acids is 1. The number of fused-ring (bicyclic) bond motifs is 3. The molecule has 142 valence electrons. The average Bonchev–Trinajstić information content (AvgIpc) is 3.05. The quantitative estimate of drug-likeness (QED) is 0.449. The van der Waals surface area contributed by atoms with E-state index >= 15 is 0 Å². The van der Waals surface area contributed by atoms with E-state index in [1.807, 2.05) is 47.9 Å². The van der Waals surface area contributed by atoms with E-state index in [0.29, 0.717) is 23.5 Å². The third-order valence-corrected chi connectivity index (χ3v) is 5.46. The van der Waals surface area contributed by atoms with Crippen LogP contribution in [-0.2, 0) is 6.54 Å². The fourth-order valence-electron chi connectivity index (χ4n) is 4.03. The van der Waals surface area contributed by atoms with Crippen molar-refractivity contribution in [2.75, 3.05) is 7.05 Å². The molecular formula is C24H18FN3O. The Bertz CT molecular complexity index is 1320. The van der Waals surface area contributed by atoms with E-state index in [1.165, 1.54) is 12.1 Å². The van der Waals surface area contributed by atoms with Gasteiger partial charge in [0.2, 0.25) is 5.78 Å². The van der Waals surface area contributed by atoms with E-state index in [1.54, 1.807) is 19.2 Å². The van der Waals surface area contributed by atoms with Crippen molar-refractivity contribution in [2.24, 2.45) is 4.99 Å². The molecular weight excluding hydrogens is 365 g/mol. The number of hydrogen-bond donors (Lipinski definition) is 0. The summed E-state index contributed by atoms with van der Waals surface area (Å²) >= 11 is 0. The summed E-state index contributed by atoms with van der Waals surface area (Å²) in [4.78, 5) is 22.7. The topological polar surface area (TPSA) is 47.2 Å². The molecule has 0 unspecified atom stereocenters. The normalized spacial score (nSPS) is 14.3. The van der Waals surface area contributed by atoms with Gasteiger partial charge in [-0.1, -0.05) is 36.4 Å². The minimum absolute atomic E-state index is 0.0594. The highest BCUT2D eigenvalue weighted by Crippen LogP contribution is 2.32. The first-order valence-corrected chi connectivity index (χ1v) is 9.43. The SMILES string of the molecule is C/N=C1\c2cc3ccccc3cc2C(=O)c2c1nc(C)n2Cc1ccc(F)cc1. The lowest BCUT2D eigenvalue weighted by atomic mass is 9.87. The Morgan fingerprint density at radius 3 is 2.31 bits per heavy atom. The number of benzene rings is 3. The van der Waals surface area contributed by atoms with Crippen molar-refractivity contribution in [1.82, 2.24) is 9.55 Å². The van der Waals surface area contributed by atoms with Gasteiger partial charge in [-0.05, 0) is 47.5 Å². The molecule has 0 aliphatic heterocycles. The van der Waals surface area contributed by atoms with Crippen LogP contribution in [0.4, 0.5) is 4.39 Å². The van der Waals surface area contributed by atoms with Crippen molar-refractivity contribution >= 4 is 22.3 Å². The van der Waals surface area contributed by atoms with E-state index in [4.69, 9.17) is 0 Å². The number of nitrogens with zero attached hydrogens (tertiary/aromatic N) is 3. The maximum absolute atomic E-state index is 13.5. The van der Waals surface area contributed by atoms with E-state index in [9.17, 15) is 9.18 Å². The van der Waals surface area contributed by atoms with Crippen molar-refractivity contribution < 1.29 is 9.18 Å². The van der Waals surface area contributed by atoms with Crippen molar-refractivity contribution in [3.8, 4) is 0 Å². The van der Waals surface area contributed by atoms with Crippen molar-refractivity contribution in [1.29, 1.82) is 0 Å². The Hall–Kier alpha value is -3.60. The van der Waals surface area contributed by atoms with Gasteiger partial charge in [-0.15, -0.1) is 0 Å². The highest BCUT2D eigenvalue weighted by Gasteiger charge is 2.33. The standard InChI is InChI=1S/C24H18FN3O/c1-14-27-22-21(26-2)19-11-16-5-3-4-6-17(16)12-20(19)24(29)23(22)28(14)13-15-7-9-18(25)10-8-15/h3-12H,13H2,1-2H3/b26-21+. The summed E-state index contributed by atoms with van der Waals surface area (Å²) in [6.45, 7) is 2.32. The molecule has 0 N–H and O–H groups in total. The van der Waals surface area contributed by atoms with Gasteiger partial charge in [0, 0.05) is 24.7 Å². The van der Waals surface area contributed by atoms with Gasteiger partial charge < -0.3 is 4.57 Å². The highest BCUT2D eigenvalue weighted by molar-refractivity contribution is 6.30. The predicted molar refractivity (Wildman–Crippen MR) is 111 cm³/mol.